The number of nitrogens with zero attached hydrogens (tertiary/aromatic N) is 2. The van der Waals surface area contributed by atoms with Crippen molar-refractivity contribution in [1.82, 2.24) is 15.1 Å². The Morgan fingerprint density at radius 2 is 2.16 bits per heavy atom. The van der Waals surface area contributed by atoms with Crippen molar-refractivity contribution in [3.05, 3.63) is 17.5 Å². The van der Waals surface area contributed by atoms with Gasteiger partial charge in [-0.2, -0.15) is 5.10 Å². The summed E-state index contributed by atoms with van der Waals surface area (Å²) in [4.78, 5) is 23.8. The number of aromatic nitrogens is 2. The van der Waals surface area contributed by atoms with Crippen molar-refractivity contribution in [1.29, 1.82) is 0 Å². The Kier molecular flexibility index (Phi) is 2.30. The molecule has 1 aromatic heterocycles. The lowest BCUT2D eigenvalue weighted by Crippen LogP contribution is -2.44. The van der Waals surface area contributed by atoms with Gasteiger partial charge in [0.1, 0.15) is 11.3 Å². The molecule has 1 amide bonds. The van der Waals surface area contributed by atoms with E-state index in [0.29, 0.717) is 12.2 Å². The van der Waals surface area contributed by atoms with Gasteiger partial charge in [0, 0.05) is 12.6 Å². The van der Waals surface area contributed by atoms with Gasteiger partial charge in [-0.05, 0) is 33.6 Å². The topological polar surface area (TPSA) is 73.2 Å². The van der Waals surface area contributed by atoms with Gasteiger partial charge in [-0.3, -0.25) is 9.48 Å². The Bertz CT molecular complexity index is 564. The van der Waals surface area contributed by atoms with E-state index in [9.17, 15) is 9.59 Å². The lowest BCUT2D eigenvalue weighted by atomic mass is 10.2. The van der Waals surface area contributed by atoms with Gasteiger partial charge >= 0.3 is 5.97 Å². The Morgan fingerprint density at radius 1 is 1.47 bits per heavy atom. The molecule has 1 aliphatic heterocycles. The van der Waals surface area contributed by atoms with Gasteiger partial charge in [0.05, 0.1) is 5.54 Å². The molecular weight excluding hydrogens is 246 g/mol. The van der Waals surface area contributed by atoms with E-state index in [2.05, 4.69) is 10.4 Å². The number of amides is 1. The summed E-state index contributed by atoms with van der Waals surface area (Å²) in [5, 5.41) is 7.12. The zero-order valence-corrected chi connectivity index (χ0v) is 11.3. The quantitative estimate of drug-likeness (QED) is 0.769. The van der Waals surface area contributed by atoms with Gasteiger partial charge in [-0.15, -0.1) is 0 Å². The molecule has 1 aliphatic carbocycles. The fraction of sp³-hybridized carbons (Fsp3) is 0.615. The molecule has 0 aromatic carbocycles. The highest BCUT2D eigenvalue weighted by Crippen LogP contribution is 2.44. The molecule has 0 atom stereocenters. The van der Waals surface area contributed by atoms with Gasteiger partial charge < -0.3 is 10.1 Å². The molecule has 19 heavy (non-hydrogen) atoms. The molecule has 1 saturated carbocycles. The first kappa shape index (κ1) is 12.2. The van der Waals surface area contributed by atoms with Crippen LogP contribution < -0.4 is 5.32 Å². The maximum absolute atomic E-state index is 12.0. The molecule has 0 saturated heterocycles. The number of fused-ring (bicyclic) bond motifs is 2. The lowest BCUT2D eigenvalue weighted by molar-refractivity contribution is 0.00613. The van der Waals surface area contributed by atoms with Gasteiger partial charge in [0.2, 0.25) is 0 Å². The van der Waals surface area contributed by atoms with Crippen molar-refractivity contribution in [2.45, 2.75) is 44.8 Å². The summed E-state index contributed by atoms with van der Waals surface area (Å²) >= 11 is 0. The molecule has 3 rings (SSSR count). The predicted molar refractivity (Wildman–Crippen MR) is 66.9 cm³/mol. The predicted octanol–water partition coefficient (Wildman–Crippen LogP) is 1.07. The van der Waals surface area contributed by atoms with Crippen LogP contribution in [0.4, 0.5) is 0 Å². The fourth-order valence-corrected chi connectivity index (χ4v) is 2.28. The molecule has 2 heterocycles. The number of carbonyl (C=O) groups is 2. The number of rotatable bonds is 1. The normalized spacial score (nSPS) is 19.8. The molecule has 1 aromatic rings. The summed E-state index contributed by atoms with van der Waals surface area (Å²) in [6.45, 7) is 6.00. The minimum Gasteiger partial charge on any atom is -0.455 e. The zero-order chi connectivity index (χ0) is 13.8. The molecule has 0 bridgehead atoms. The maximum atomic E-state index is 12.0. The highest BCUT2D eigenvalue weighted by molar-refractivity contribution is 5.97. The molecule has 1 spiro atoms. The average Bonchev–Trinajstić information content (AvgIpc) is 2.90. The van der Waals surface area contributed by atoms with Crippen LogP contribution in [-0.4, -0.2) is 33.8 Å². The van der Waals surface area contributed by atoms with Gasteiger partial charge in [-0.1, -0.05) is 0 Å². The molecule has 0 unspecified atom stereocenters. The maximum Gasteiger partial charge on any atom is 0.359 e. The first-order valence-electron chi connectivity index (χ1n) is 6.43. The van der Waals surface area contributed by atoms with E-state index < -0.39 is 11.6 Å². The van der Waals surface area contributed by atoms with Crippen molar-refractivity contribution >= 4 is 11.9 Å². The van der Waals surface area contributed by atoms with Crippen LogP contribution in [-0.2, 0) is 10.3 Å². The summed E-state index contributed by atoms with van der Waals surface area (Å²) in [7, 11) is 0. The van der Waals surface area contributed by atoms with E-state index in [-0.39, 0.29) is 17.1 Å². The number of hydrogen-bond donors (Lipinski definition) is 1. The highest BCUT2D eigenvalue weighted by atomic mass is 16.6. The van der Waals surface area contributed by atoms with Gasteiger partial charge in [0.25, 0.3) is 5.91 Å². The highest BCUT2D eigenvalue weighted by Gasteiger charge is 2.50. The van der Waals surface area contributed by atoms with E-state index in [0.717, 1.165) is 12.8 Å². The summed E-state index contributed by atoms with van der Waals surface area (Å²) in [5.74, 6) is -0.669. The SMILES string of the molecule is CC(C)(C)OC(=O)c1cc2n(n1)C1(CC1)CNC2=O. The number of ether oxygens (including phenoxy) is 1. The van der Waals surface area contributed by atoms with Crippen LogP contribution in [0.3, 0.4) is 0 Å². The van der Waals surface area contributed by atoms with Crippen molar-refractivity contribution in [2.24, 2.45) is 0 Å². The molecule has 0 radical (unpaired) electrons. The van der Waals surface area contributed by atoms with Crippen molar-refractivity contribution < 1.29 is 14.3 Å². The third kappa shape index (κ3) is 2.01. The smallest absolute Gasteiger partial charge is 0.359 e. The molecule has 6 heteroatoms. The zero-order valence-electron chi connectivity index (χ0n) is 11.3. The first-order valence-corrected chi connectivity index (χ1v) is 6.43. The van der Waals surface area contributed by atoms with Crippen LogP contribution >= 0.6 is 0 Å². The Balaban J connectivity index is 1.94. The number of nitrogens with one attached hydrogen (secondary N) is 1. The second-order valence-electron chi connectivity index (χ2n) is 6.24. The monoisotopic (exact) mass is 263 g/mol. The molecule has 6 nitrogen and oxygen atoms in total. The van der Waals surface area contributed by atoms with Crippen molar-refractivity contribution in [3.8, 4) is 0 Å². The number of esters is 1. The Morgan fingerprint density at radius 3 is 2.74 bits per heavy atom. The van der Waals surface area contributed by atoms with Crippen LogP contribution in [0.5, 0.6) is 0 Å². The lowest BCUT2D eigenvalue weighted by Gasteiger charge is -2.24. The van der Waals surface area contributed by atoms with Crippen molar-refractivity contribution in [3.63, 3.8) is 0 Å². The van der Waals surface area contributed by atoms with E-state index in [1.165, 1.54) is 6.07 Å². The van der Waals surface area contributed by atoms with Crippen molar-refractivity contribution in [2.75, 3.05) is 6.54 Å². The summed E-state index contributed by atoms with van der Waals surface area (Å²) in [6, 6.07) is 1.52. The molecule has 2 aliphatic rings. The van der Waals surface area contributed by atoms with Crippen LogP contribution in [0.25, 0.3) is 0 Å². The molecular formula is C13H17N3O3. The summed E-state index contributed by atoms with van der Waals surface area (Å²) in [6.07, 6.45) is 1.96. The Labute approximate surface area is 111 Å². The largest absolute Gasteiger partial charge is 0.455 e. The first-order chi connectivity index (χ1) is 8.81. The molecule has 1 fully saturated rings. The average molecular weight is 263 g/mol. The Hall–Kier alpha value is -1.85. The number of hydrogen-bond acceptors (Lipinski definition) is 4. The van der Waals surface area contributed by atoms with Gasteiger partial charge in [0.15, 0.2) is 5.69 Å². The molecule has 102 valence electrons. The number of carbonyl (C=O) groups excluding carboxylic acids is 2. The van der Waals surface area contributed by atoms with E-state index in [1.54, 1.807) is 25.5 Å². The van der Waals surface area contributed by atoms with E-state index in [4.69, 9.17) is 4.74 Å². The fourth-order valence-electron chi connectivity index (χ4n) is 2.28. The van der Waals surface area contributed by atoms with Gasteiger partial charge in [-0.25, -0.2) is 4.79 Å². The van der Waals surface area contributed by atoms with E-state index in [1.807, 2.05) is 0 Å². The van der Waals surface area contributed by atoms with Crippen LogP contribution in [0.15, 0.2) is 6.07 Å². The molecule has 1 N–H and O–H groups in total. The van der Waals surface area contributed by atoms with Crippen LogP contribution in [0.1, 0.15) is 54.6 Å². The van der Waals surface area contributed by atoms with Crippen LogP contribution in [0, 0.1) is 0 Å². The summed E-state index contributed by atoms with van der Waals surface area (Å²) < 4.78 is 6.98. The second-order valence-corrected chi connectivity index (χ2v) is 6.24. The third-order valence-electron chi connectivity index (χ3n) is 3.40. The summed E-state index contributed by atoms with van der Waals surface area (Å²) in [5.41, 5.74) is -0.0256. The van der Waals surface area contributed by atoms with E-state index >= 15 is 0 Å². The second kappa shape index (κ2) is 3.59. The minimum absolute atomic E-state index is 0.108. The van der Waals surface area contributed by atoms with Crippen LogP contribution in [0.2, 0.25) is 0 Å². The minimum atomic E-state index is -0.569. The standard InChI is InChI=1S/C13H17N3O3/c1-12(2,3)19-11(18)8-6-9-10(17)14-7-13(4-5-13)16(9)15-8/h6H,4-5,7H2,1-3H3,(H,14,17). The third-order valence-corrected chi connectivity index (χ3v) is 3.40.